The van der Waals surface area contributed by atoms with Crippen LogP contribution in [-0.2, 0) is 31.3 Å². The van der Waals surface area contributed by atoms with E-state index in [4.69, 9.17) is 25.5 Å². The summed E-state index contributed by atoms with van der Waals surface area (Å²) in [6.45, 7) is 16.0. The fraction of sp³-hybridized carbons (Fsp3) is 0.576. The maximum atomic E-state index is 7.16. The van der Waals surface area contributed by atoms with E-state index in [2.05, 4.69) is 90.1 Å². The van der Waals surface area contributed by atoms with Crippen LogP contribution in [-0.4, -0.2) is 27.8 Å². The van der Waals surface area contributed by atoms with E-state index in [1.54, 1.807) is 0 Å². The third-order valence-corrected chi connectivity index (χ3v) is 16.5. The SMILES string of the molecule is CC(C)[Si]1(C(C)C)OC[C@]23C=C[C@@]4(c5cc(Cl)cc1c52)[C@@H](OCOCc1ccccc1)CC[C@@H](C)[C@]4(C)C3. The van der Waals surface area contributed by atoms with Gasteiger partial charge in [0.05, 0.1) is 12.7 Å². The Kier molecular flexibility index (Phi) is 6.56. The highest BCUT2D eigenvalue weighted by molar-refractivity contribution is 6.89. The molecule has 2 spiro atoms. The second kappa shape index (κ2) is 9.31. The highest BCUT2D eigenvalue weighted by Crippen LogP contribution is 2.69. The van der Waals surface area contributed by atoms with Crippen LogP contribution in [0, 0.1) is 11.3 Å². The lowest BCUT2D eigenvalue weighted by molar-refractivity contribution is -0.166. The molecule has 0 amide bonds. The van der Waals surface area contributed by atoms with Crippen molar-refractivity contribution in [1.29, 1.82) is 0 Å². The molecule has 2 aromatic carbocycles. The molecule has 7 rings (SSSR count). The summed E-state index contributed by atoms with van der Waals surface area (Å²) in [5, 5.41) is 2.28. The first-order valence-electron chi connectivity index (χ1n) is 14.5. The fourth-order valence-electron chi connectivity index (χ4n) is 9.06. The summed E-state index contributed by atoms with van der Waals surface area (Å²) < 4.78 is 20.0. The molecule has 0 radical (unpaired) electrons. The lowest BCUT2D eigenvalue weighted by atomic mass is 9.38. The molecule has 1 heterocycles. The Hall–Kier alpha value is -1.43. The first kappa shape index (κ1) is 26.8. The number of benzene rings is 2. The van der Waals surface area contributed by atoms with E-state index in [0.29, 0.717) is 30.4 Å². The van der Waals surface area contributed by atoms with E-state index in [1.807, 2.05) is 6.07 Å². The van der Waals surface area contributed by atoms with Gasteiger partial charge >= 0.3 is 0 Å². The highest BCUT2D eigenvalue weighted by Gasteiger charge is 2.69. The molecule has 0 unspecified atom stereocenters. The van der Waals surface area contributed by atoms with Crippen LogP contribution in [0.1, 0.15) is 77.5 Å². The van der Waals surface area contributed by atoms with E-state index in [-0.39, 0.29) is 22.3 Å². The van der Waals surface area contributed by atoms with E-state index in [1.165, 1.54) is 21.9 Å². The molecule has 3 nitrogen and oxygen atoms in total. The second-order valence-corrected chi connectivity index (χ2v) is 18.5. The van der Waals surface area contributed by atoms with Gasteiger partial charge in [0, 0.05) is 22.5 Å². The van der Waals surface area contributed by atoms with Gasteiger partial charge in [0.2, 0.25) is 8.32 Å². The van der Waals surface area contributed by atoms with Gasteiger partial charge in [-0.3, -0.25) is 0 Å². The maximum Gasteiger partial charge on any atom is 0.229 e. The van der Waals surface area contributed by atoms with Crippen molar-refractivity contribution in [3.05, 3.63) is 76.3 Å². The van der Waals surface area contributed by atoms with Crippen LogP contribution in [0.15, 0.2) is 54.6 Å². The number of hydrogen-bond acceptors (Lipinski definition) is 3. The molecule has 1 fully saturated rings. The lowest BCUT2D eigenvalue weighted by Crippen LogP contribution is -2.72. The molecule has 1 aliphatic heterocycles. The van der Waals surface area contributed by atoms with Gasteiger partial charge in [0.15, 0.2) is 0 Å². The van der Waals surface area contributed by atoms with Gasteiger partial charge in [-0.05, 0) is 75.7 Å². The summed E-state index contributed by atoms with van der Waals surface area (Å²) in [5.74, 6) is 0.573. The average Bonchev–Trinajstić information content (AvgIpc) is 2.88. The third kappa shape index (κ3) is 3.49. The first-order chi connectivity index (χ1) is 18.1. The summed E-state index contributed by atoms with van der Waals surface area (Å²) in [7, 11) is -2.26. The minimum absolute atomic E-state index is 0.0496. The number of rotatable bonds is 7. The zero-order valence-electron chi connectivity index (χ0n) is 23.9. The van der Waals surface area contributed by atoms with Crippen LogP contribution in [0.5, 0.6) is 0 Å². The van der Waals surface area contributed by atoms with Gasteiger partial charge in [-0.1, -0.05) is 95.6 Å². The Morgan fingerprint density at radius 3 is 2.50 bits per heavy atom. The van der Waals surface area contributed by atoms with Crippen LogP contribution in [0.3, 0.4) is 0 Å². The van der Waals surface area contributed by atoms with Crippen molar-refractivity contribution in [3.63, 3.8) is 0 Å². The standard InChI is InChI=1S/C33H43ClO3Si/c1-22(2)38(23(3)4)28-17-26(34)16-27-30(28)32(20-37-38)14-15-33(27)29(13-12-24(5)31(33,6)19-32)36-21-35-18-25-10-8-7-9-11-25/h7-11,14-17,22-24,29H,12-13,18-21H2,1-6H3/t24-,29+,31+,32-,33-/m1/s1. The van der Waals surface area contributed by atoms with Crippen LogP contribution >= 0.6 is 11.6 Å². The molecule has 2 bridgehead atoms. The van der Waals surface area contributed by atoms with Gasteiger partial charge < -0.3 is 13.9 Å². The quantitative estimate of drug-likeness (QED) is 0.152. The summed E-state index contributed by atoms with van der Waals surface area (Å²) in [6, 6.07) is 14.9. The van der Waals surface area contributed by atoms with Crippen LogP contribution < -0.4 is 5.19 Å². The highest BCUT2D eigenvalue weighted by atomic mass is 35.5. The maximum absolute atomic E-state index is 7.16. The second-order valence-electron chi connectivity index (χ2n) is 13.3. The Morgan fingerprint density at radius 1 is 1.05 bits per heavy atom. The van der Waals surface area contributed by atoms with Crippen molar-refractivity contribution in [2.24, 2.45) is 11.3 Å². The van der Waals surface area contributed by atoms with Gasteiger partial charge in [-0.2, -0.15) is 0 Å². The molecule has 4 aliphatic carbocycles. The zero-order valence-corrected chi connectivity index (χ0v) is 25.6. The minimum Gasteiger partial charge on any atom is -0.411 e. The molecule has 1 saturated carbocycles. The number of hydrogen-bond donors (Lipinski definition) is 0. The fourth-order valence-corrected chi connectivity index (χ4v) is 14.4. The smallest absolute Gasteiger partial charge is 0.229 e. The van der Waals surface area contributed by atoms with Gasteiger partial charge in [-0.15, -0.1) is 0 Å². The summed E-state index contributed by atoms with van der Waals surface area (Å²) in [5.41, 5.74) is 4.82. The summed E-state index contributed by atoms with van der Waals surface area (Å²) in [6.07, 6.45) is 8.36. The summed E-state index contributed by atoms with van der Waals surface area (Å²) >= 11 is 7.03. The van der Waals surface area contributed by atoms with Crippen molar-refractivity contribution in [2.75, 3.05) is 13.4 Å². The van der Waals surface area contributed by atoms with Crippen molar-refractivity contribution in [2.45, 2.75) is 95.4 Å². The lowest BCUT2D eigenvalue weighted by Gasteiger charge is -2.69. The van der Waals surface area contributed by atoms with Crippen molar-refractivity contribution in [3.8, 4) is 0 Å². The van der Waals surface area contributed by atoms with E-state index in [9.17, 15) is 0 Å². The van der Waals surface area contributed by atoms with Gasteiger partial charge in [0.1, 0.15) is 6.79 Å². The van der Waals surface area contributed by atoms with Crippen molar-refractivity contribution < 1.29 is 13.9 Å². The van der Waals surface area contributed by atoms with Crippen molar-refractivity contribution >= 4 is 25.1 Å². The Bertz CT molecular complexity index is 1230. The molecule has 0 saturated heterocycles. The van der Waals surface area contributed by atoms with Crippen molar-refractivity contribution in [1.82, 2.24) is 0 Å². The van der Waals surface area contributed by atoms with E-state index < -0.39 is 8.32 Å². The normalized spacial score (nSPS) is 34.4. The molecule has 0 aromatic heterocycles. The molecule has 2 aromatic rings. The monoisotopic (exact) mass is 550 g/mol. The number of halogens is 1. The minimum atomic E-state index is -2.26. The predicted molar refractivity (Wildman–Crippen MR) is 158 cm³/mol. The molecule has 5 aliphatic rings. The molecule has 5 atom stereocenters. The predicted octanol–water partition coefficient (Wildman–Crippen LogP) is 7.79. The molecular weight excluding hydrogens is 508 g/mol. The third-order valence-electron chi connectivity index (χ3n) is 11.0. The van der Waals surface area contributed by atoms with E-state index in [0.717, 1.165) is 30.9 Å². The average molecular weight is 551 g/mol. The Morgan fingerprint density at radius 2 is 1.79 bits per heavy atom. The topological polar surface area (TPSA) is 27.7 Å². The van der Waals surface area contributed by atoms with Crippen LogP contribution in [0.4, 0.5) is 0 Å². The zero-order chi connectivity index (χ0) is 26.9. The van der Waals surface area contributed by atoms with Gasteiger partial charge in [0.25, 0.3) is 0 Å². The Balaban J connectivity index is 1.45. The largest absolute Gasteiger partial charge is 0.411 e. The van der Waals surface area contributed by atoms with E-state index >= 15 is 0 Å². The molecule has 0 N–H and O–H groups in total. The van der Waals surface area contributed by atoms with Gasteiger partial charge in [-0.25, -0.2) is 0 Å². The van der Waals surface area contributed by atoms with Crippen LogP contribution in [0.25, 0.3) is 0 Å². The molecule has 5 heteroatoms. The summed E-state index contributed by atoms with van der Waals surface area (Å²) in [4.78, 5) is 0. The van der Waals surface area contributed by atoms with Crippen LogP contribution in [0.2, 0.25) is 16.1 Å². The number of ether oxygens (including phenoxy) is 2. The molecule has 38 heavy (non-hydrogen) atoms. The molecule has 204 valence electrons. The first-order valence-corrected chi connectivity index (χ1v) is 17.0. The Labute approximate surface area is 235 Å². The molecular formula is C33H43ClO3Si.